The van der Waals surface area contributed by atoms with Gasteiger partial charge in [-0.1, -0.05) is 53.5 Å². The molecule has 1 heterocycles. The SMILES string of the molecule is CCOc1cc(/C=C2\C(=O)NC(=O)N(c3ccc(Cl)c(Cl)c3)C2=O)cc(I)c1OCc1ccccc1. The van der Waals surface area contributed by atoms with Gasteiger partial charge in [0.2, 0.25) is 0 Å². The Kier molecular flexibility index (Phi) is 8.17. The van der Waals surface area contributed by atoms with Crippen LogP contribution in [-0.4, -0.2) is 24.5 Å². The van der Waals surface area contributed by atoms with Crippen molar-refractivity contribution in [2.45, 2.75) is 13.5 Å². The van der Waals surface area contributed by atoms with Gasteiger partial charge in [-0.15, -0.1) is 0 Å². The molecule has 1 saturated heterocycles. The lowest BCUT2D eigenvalue weighted by molar-refractivity contribution is -0.122. The minimum Gasteiger partial charge on any atom is -0.490 e. The fraction of sp³-hybridized carbons (Fsp3) is 0.115. The van der Waals surface area contributed by atoms with E-state index in [1.54, 1.807) is 12.1 Å². The van der Waals surface area contributed by atoms with Gasteiger partial charge in [0.25, 0.3) is 11.8 Å². The zero-order valence-corrected chi connectivity index (χ0v) is 22.6. The number of imide groups is 2. The number of carbonyl (C=O) groups is 3. The average Bonchev–Trinajstić information content (AvgIpc) is 2.84. The molecule has 0 aromatic heterocycles. The molecule has 7 nitrogen and oxygen atoms in total. The van der Waals surface area contributed by atoms with Crippen molar-refractivity contribution in [2.24, 2.45) is 0 Å². The number of nitrogens with one attached hydrogen (secondary N) is 1. The molecule has 36 heavy (non-hydrogen) atoms. The maximum absolute atomic E-state index is 13.2. The molecule has 0 spiro atoms. The molecule has 0 radical (unpaired) electrons. The van der Waals surface area contributed by atoms with Crippen molar-refractivity contribution in [3.05, 3.63) is 91.0 Å². The summed E-state index contributed by atoms with van der Waals surface area (Å²) < 4.78 is 12.5. The first-order valence-electron chi connectivity index (χ1n) is 10.8. The van der Waals surface area contributed by atoms with Gasteiger partial charge in [0.15, 0.2) is 11.5 Å². The second-order valence-electron chi connectivity index (χ2n) is 7.59. The van der Waals surface area contributed by atoms with Crippen molar-refractivity contribution in [3.63, 3.8) is 0 Å². The van der Waals surface area contributed by atoms with Crippen LogP contribution in [0.25, 0.3) is 6.08 Å². The Morgan fingerprint density at radius 1 is 0.972 bits per heavy atom. The van der Waals surface area contributed by atoms with E-state index in [2.05, 4.69) is 27.9 Å². The van der Waals surface area contributed by atoms with Crippen molar-refractivity contribution in [2.75, 3.05) is 11.5 Å². The van der Waals surface area contributed by atoms with E-state index in [4.69, 9.17) is 32.7 Å². The molecule has 1 N–H and O–H groups in total. The standard InChI is InChI=1S/C26H19Cl2IN2O5/c1-2-35-22-12-16(11-21(29)23(22)36-14-15-6-4-3-5-7-15)10-18-24(32)30-26(34)31(25(18)33)17-8-9-19(27)20(28)13-17/h3-13H,2,14H2,1H3,(H,30,32,34)/b18-10+. The van der Waals surface area contributed by atoms with Crippen molar-refractivity contribution >= 4 is 75.4 Å². The normalized spacial score (nSPS) is 14.7. The molecular weight excluding hydrogens is 618 g/mol. The van der Waals surface area contributed by atoms with E-state index in [1.165, 1.54) is 24.3 Å². The first kappa shape index (κ1) is 26.0. The quantitative estimate of drug-likeness (QED) is 0.189. The number of urea groups is 1. The summed E-state index contributed by atoms with van der Waals surface area (Å²) >= 11 is 14.1. The number of barbiturate groups is 1. The number of hydrogen-bond donors (Lipinski definition) is 1. The molecule has 4 amide bonds. The molecule has 3 aromatic rings. The van der Waals surface area contributed by atoms with E-state index >= 15 is 0 Å². The summed E-state index contributed by atoms with van der Waals surface area (Å²) in [6.07, 6.45) is 1.40. The van der Waals surface area contributed by atoms with Gasteiger partial charge in [0.05, 0.1) is 25.9 Å². The van der Waals surface area contributed by atoms with Gasteiger partial charge in [-0.05, 0) is 77.0 Å². The average molecular weight is 637 g/mol. The molecule has 184 valence electrons. The lowest BCUT2D eigenvalue weighted by atomic mass is 10.1. The minimum atomic E-state index is -0.880. The second-order valence-corrected chi connectivity index (χ2v) is 9.57. The highest BCUT2D eigenvalue weighted by atomic mass is 127. The van der Waals surface area contributed by atoms with Crippen LogP contribution in [0.15, 0.2) is 66.2 Å². The highest BCUT2D eigenvalue weighted by molar-refractivity contribution is 14.1. The first-order valence-corrected chi connectivity index (χ1v) is 12.6. The molecule has 3 aromatic carbocycles. The van der Waals surface area contributed by atoms with E-state index in [0.29, 0.717) is 30.3 Å². The van der Waals surface area contributed by atoms with Crippen LogP contribution in [0.2, 0.25) is 10.0 Å². The molecule has 0 aliphatic carbocycles. The Balaban J connectivity index is 1.67. The molecular formula is C26H19Cl2IN2O5. The van der Waals surface area contributed by atoms with E-state index in [9.17, 15) is 14.4 Å². The van der Waals surface area contributed by atoms with Gasteiger partial charge >= 0.3 is 6.03 Å². The number of benzene rings is 3. The molecule has 0 saturated carbocycles. The summed E-state index contributed by atoms with van der Waals surface area (Å²) in [5, 5.41) is 2.63. The Hall–Kier alpha value is -3.08. The second kappa shape index (κ2) is 11.3. The zero-order chi connectivity index (χ0) is 25.8. The predicted octanol–water partition coefficient (Wildman–Crippen LogP) is 6.24. The van der Waals surface area contributed by atoms with E-state index in [1.807, 2.05) is 37.3 Å². The summed E-state index contributed by atoms with van der Waals surface area (Å²) in [4.78, 5) is 39.1. The molecule has 4 rings (SSSR count). The van der Waals surface area contributed by atoms with Gasteiger partial charge in [0.1, 0.15) is 12.2 Å². The lowest BCUT2D eigenvalue weighted by Crippen LogP contribution is -2.54. The van der Waals surface area contributed by atoms with Crippen LogP contribution in [0.3, 0.4) is 0 Å². The third-order valence-electron chi connectivity index (χ3n) is 5.13. The summed E-state index contributed by atoms with van der Waals surface area (Å²) in [7, 11) is 0. The molecule has 0 unspecified atom stereocenters. The topological polar surface area (TPSA) is 84.9 Å². The molecule has 10 heteroatoms. The number of anilines is 1. The van der Waals surface area contributed by atoms with Gasteiger partial charge in [-0.2, -0.15) is 0 Å². The number of nitrogens with zero attached hydrogens (tertiary/aromatic N) is 1. The summed E-state index contributed by atoms with van der Waals surface area (Å²) in [6.45, 7) is 2.58. The summed E-state index contributed by atoms with van der Waals surface area (Å²) in [5.74, 6) is -0.582. The zero-order valence-electron chi connectivity index (χ0n) is 18.9. The molecule has 0 bridgehead atoms. The number of halogens is 3. The third kappa shape index (κ3) is 5.66. The van der Waals surface area contributed by atoms with E-state index in [-0.39, 0.29) is 21.3 Å². The van der Waals surface area contributed by atoms with Crippen molar-refractivity contribution in [1.29, 1.82) is 0 Å². The summed E-state index contributed by atoms with van der Waals surface area (Å²) in [6, 6.07) is 16.6. The fourth-order valence-electron chi connectivity index (χ4n) is 3.49. The maximum atomic E-state index is 13.2. The molecule has 0 atom stereocenters. The van der Waals surface area contributed by atoms with Crippen LogP contribution in [0.1, 0.15) is 18.1 Å². The van der Waals surface area contributed by atoms with Crippen molar-refractivity contribution < 1.29 is 23.9 Å². The highest BCUT2D eigenvalue weighted by Gasteiger charge is 2.37. The Bertz CT molecular complexity index is 1380. The number of rotatable bonds is 7. The monoisotopic (exact) mass is 636 g/mol. The summed E-state index contributed by atoms with van der Waals surface area (Å²) in [5.41, 5.74) is 1.48. The lowest BCUT2D eigenvalue weighted by Gasteiger charge is -2.26. The van der Waals surface area contributed by atoms with Crippen molar-refractivity contribution in [3.8, 4) is 11.5 Å². The molecule has 1 aliphatic heterocycles. The number of amides is 4. The largest absolute Gasteiger partial charge is 0.490 e. The number of carbonyl (C=O) groups excluding carboxylic acids is 3. The van der Waals surface area contributed by atoms with Crippen LogP contribution in [0.4, 0.5) is 10.5 Å². The smallest absolute Gasteiger partial charge is 0.335 e. The van der Waals surface area contributed by atoms with E-state index in [0.717, 1.165) is 14.0 Å². The Morgan fingerprint density at radius 2 is 1.72 bits per heavy atom. The van der Waals surface area contributed by atoms with Gasteiger partial charge in [-0.25, -0.2) is 9.69 Å². The maximum Gasteiger partial charge on any atom is 0.335 e. The fourth-order valence-corrected chi connectivity index (χ4v) is 4.56. The van der Waals surface area contributed by atoms with Gasteiger partial charge in [-0.3, -0.25) is 14.9 Å². The predicted molar refractivity (Wildman–Crippen MR) is 147 cm³/mol. The minimum absolute atomic E-state index is 0.166. The van der Waals surface area contributed by atoms with Crippen LogP contribution >= 0.6 is 45.8 Å². The highest BCUT2D eigenvalue weighted by Crippen LogP contribution is 2.36. The van der Waals surface area contributed by atoms with Gasteiger partial charge in [0, 0.05) is 0 Å². The van der Waals surface area contributed by atoms with Crippen LogP contribution in [0.5, 0.6) is 11.5 Å². The molecule has 1 aliphatic rings. The number of ether oxygens (including phenoxy) is 2. The first-order chi connectivity index (χ1) is 17.3. The van der Waals surface area contributed by atoms with Crippen LogP contribution in [0, 0.1) is 3.57 Å². The van der Waals surface area contributed by atoms with E-state index < -0.39 is 17.8 Å². The Morgan fingerprint density at radius 3 is 2.42 bits per heavy atom. The van der Waals surface area contributed by atoms with Crippen molar-refractivity contribution in [1.82, 2.24) is 5.32 Å². The van der Waals surface area contributed by atoms with Crippen LogP contribution in [-0.2, 0) is 16.2 Å². The van der Waals surface area contributed by atoms with Crippen LogP contribution < -0.4 is 19.7 Å². The third-order valence-corrected chi connectivity index (χ3v) is 6.67. The van der Waals surface area contributed by atoms with Gasteiger partial charge < -0.3 is 9.47 Å². The Labute approximate surface area is 231 Å². The number of hydrogen-bond acceptors (Lipinski definition) is 5. The molecule has 1 fully saturated rings.